The van der Waals surface area contributed by atoms with E-state index in [-0.39, 0.29) is 17.0 Å². The molecule has 6 nitrogen and oxygen atoms in total. The molecule has 0 saturated carbocycles. The highest BCUT2D eigenvalue weighted by Gasteiger charge is 2.24. The van der Waals surface area contributed by atoms with Crippen LogP contribution in [0.5, 0.6) is 5.75 Å². The van der Waals surface area contributed by atoms with Crippen molar-refractivity contribution in [1.29, 1.82) is 0 Å². The van der Waals surface area contributed by atoms with E-state index in [4.69, 9.17) is 22.1 Å². The Morgan fingerprint density at radius 3 is 2.58 bits per heavy atom. The van der Waals surface area contributed by atoms with E-state index in [1.165, 1.54) is 26.4 Å². The average molecular weight is 290 g/mol. The van der Waals surface area contributed by atoms with Crippen molar-refractivity contribution in [3.63, 3.8) is 0 Å². The standard InChI is InChI=1S/C12H16ClNO5/c1-18-10-3-6(7(13)4-8(10)14)12(17)9(15)5-11(16)19-2/h3-4,9,12,15,17H,5,14H2,1-2H3. The molecule has 0 aliphatic carbocycles. The topological polar surface area (TPSA) is 102 Å². The van der Waals surface area contributed by atoms with Crippen LogP contribution in [0.2, 0.25) is 5.02 Å². The molecule has 106 valence electrons. The highest BCUT2D eigenvalue weighted by atomic mass is 35.5. The lowest BCUT2D eigenvalue weighted by Gasteiger charge is -2.19. The van der Waals surface area contributed by atoms with Gasteiger partial charge in [0.05, 0.1) is 32.4 Å². The van der Waals surface area contributed by atoms with Gasteiger partial charge in [0.1, 0.15) is 11.9 Å². The third-order valence-electron chi connectivity index (χ3n) is 2.64. The fourth-order valence-corrected chi connectivity index (χ4v) is 1.84. The maximum Gasteiger partial charge on any atom is 0.308 e. The molecule has 0 aliphatic rings. The molecule has 19 heavy (non-hydrogen) atoms. The van der Waals surface area contributed by atoms with E-state index in [0.29, 0.717) is 11.4 Å². The van der Waals surface area contributed by atoms with E-state index in [2.05, 4.69) is 4.74 Å². The molecule has 1 rings (SSSR count). The second-order valence-electron chi connectivity index (χ2n) is 3.91. The first-order chi connectivity index (χ1) is 8.90. The summed E-state index contributed by atoms with van der Waals surface area (Å²) in [7, 11) is 2.61. The maximum absolute atomic E-state index is 11.0. The van der Waals surface area contributed by atoms with E-state index in [1.54, 1.807) is 0 Å². The summed E-state index contributed by atoms with van der Waals surface area (Å²) in [5.74, 6) is -0.311. The molecule has 0 bridgehead atoms. The van der Waals surface area contributed by atoms with E-state index >= 15 is 0 Å². The zero-order valence-electron chi connectivity index (χ0n) is 10.6. The van der Waals surface area contributed by atoms with Gasteiger partial charge in [-0.2, -0.15) is 0 Å². The number of carbonyl (C=O) groups excluding carboxylic acids is 1. The summed E-state index contributed by atoms with van der Waals surface area (Å²) in [5, 5.41) is 19.9. The van der Waals surface area contributed by atoms with Crippen molar-refractivity contribution in [1.82, 2.24) is 0 Å². The molecule has 0 radical (unpaired) electrons. The fourth-order valence-electron chi connectivity index (χ4n) is 1.56. The molecule has 2 unspecified atom stereocenters. The Bertz CT molecular complexity index is 466. The number of aliphatic hydroxyl groups excluding tert-OH is 2. The van der Waals surface area contributed by atoms with Gasteiger partial charge in [0.25, 0.3) is 0 Å². The Morgan fingerprint density at radius 1 is 1.42 bits per heavy atom. The normalized spacial score (nSPS) is 13.7. The SMILES string of the molecule is COC(=O)CC(O)C(O)c1cc(OC)c(N)cc1Cl. The van der Waals surface area contributed by atoms with Crippen LogP contribution in [0.15, 0.2) is 12.1 Å². The lowest BCUT2D eigenvalue weighted by molar-refractivity contribution is -0.144. The monoisotopic (exact) mass is 289 g/mol. The van der Waals surface area contributed by atoms with Gasteiger partial charge in [-0.3, -0.25) is 4.79 Å². The summed E-state index contributed by atoms with van der Waals surface area (Å²) in [6.07, 6.45) is -3.03. The van der Waals surface area contributed by atoms with Crippen LogP contribution in [0, 0.1) is 0 Å². The van der Waals surface area contributed by atoms with Crippen LogP contribution in [-0.4, -0.2) is 36.5 Å². The summed E-state index contributed by atoms with van der Waals surface area (Å²) in [6, 6.07) is 2.83. The molecule has 2 atom stereocenters. The van der Waals surface area contributed by atoms with Gasteiger partial charge >= 0.3 is 5.97 Å². The fraction of sp³-hybridized carbons (Fsp3) is 0.417. The highest BCUT2D eigenvalue weighted by Crippen LogP contribution is 2.34. The smallest absolute Gasteiger partial charge is 0.308 e. The van der Waals surface area contributed by atoms with Crippen molar-refractivity contribution in [2.24, 2.45) is 0 Å². The Labute approximate surface area is 115 Å². The Hall–Kier alpha value is -1.50. The number of benzene rings is 1. The van der Waals surface area contributed by atoms with Crippen LogP contribution >= 0.6 is 11.6 Å². The zero-order chi connectivity index (χ0) is 14.6. The lowest BCUT2D eigenvalue weighted by Crippen LogP contribution is -2.23. The molecule has 1 aromatic carbocycles. The van der Waals surface area contributed by atoms with Crippen LogP contribution in [0.25, 0.3) is 0 Å². The molecule has 7 heteroatoms. The molecule has 1 aromatic rings. The summed E-state index contributed by atoms with van der Waals surface area (Å²) >= 11 is 5.94. The first kappa shape index (κ1) is 15.6. The van der Waals surface area contributed by atoms with E-state index in [1.807, 2.05) is 0 Å². The van der Waals surface area contributed by atoms with E-state index < -0.39 is 18.2 Å². The van der Waals surface area contributed by atoms with Crippen molar-refractivity contribution in [2.75, 3.05) is 20.0 Å². The van der Waals surface area contributed by atoms with Crippen LogP contribution in [-0.2, 0) is 9.53 Å². The predicted molar refractivity (Wildman–Crippen MR) is 70.0 cm³/mol. The third kappa shape index (κ3) is 3.73. The second-order valence-corrected chi connectivity index (χ2v) is 4.32. The van der Waals surface area contributed by atoms with Crippen LogP contribution < -0.4 is 10.5 Å². The Morgan fingerprint density at radius 2 is 2.05 bits per heavy atom. The summed E-state index contributed by atoms with van der Waals surface area (Å²) in [5.41, 5.74) is 6.19. The maximum atomic E-state index is 11.0. The number of nitrogen functional groups attached to an aromatic ring is 1. The quantitative estimate of drug-likeness (QED) is 0.549. The molecular weight excluding hydrogens is 274 g/mol. The van der Waals surface area contributed by atoms with Gasteiger partial charge in [-0.1, -0.05) is 11.6 Å². The van der Waals surface area contributed by atoms with Crippen molar-refractivity contribution < 1.29 is 24.5 Å². The van der Waals surface area contributed by atoms with Gasteiger partial charge in [-0.25, -0.2) is 0 Å². The van der Waals surface area contributed by atoms with Crippen molar-refractivity contribution in [2.45, 2.75) is 18.6 Å². The summed E-state index contributed by atoms with van der Waals surface area (Å²) in [6.45, 7) is 0. The first-order valence-corrected chi connectivity index (χ1v) is 5.84. The molecule has 4 N–H and O–H groups in total. The number of carbonyl (C=O) groups is 1. The summed E-state index contributed by atoms with van der Waals surface area (Å²) in [4.78, 5) is 11.0. The first-order valence-electron chi connectivity index (χ1n) is 5.46. The number of methoxy groups -OCH3 is 2. The largest absolute Gasteiger partial charge is 0.495 e. The van der Waals surface area contributed by atoms with Crippen LogP contribution in [0.4, 0.5) is 5.69 Å². The lowest BCUT2D eigenvalue weighted by atomic mass is 10.0. The summed E-state index contributed by atoms with van der Waals surface area (Å²) < 4.78 is 9.42. The average Bonchev–Trinajstić information content (AvgIpc) is 2.38. The number of ether oxygens (including phenoxy) is 2. The van der Waals surface area contributed by atoms with Gasteiger partial charge in [-0.15, -0.1) is 0 Å². The molecular formula is C12H16ClNO5. The number of nitrogens with two attached hydrogens (primary N) is 1. The van der Waals surface area contributed by atoms with Crippen molar-refractivity contribution in [3.05, 3.63) is 22.7 Å². The number of hydrogen-bond acceptors (Lipinski definition) is 6. The highest BCUT2D eigenvalue weighted by molar-refractivity contribution is 6.31. The number of halogens is 1. The van der Waals surface area contributed by atoms with Crippen LogP contribution in [0.1, 0.15) is 18.1 Å². The molecule has 0 heterocycles. The van der Waals surface area contributed by atoms with Gasteiger partial charge < -0.3 is 25.4 Å². The molecule has 0 saturated heterocycles. The van der Waals surface area contributed by atoms with Crippen molar-refractivity contribution in [3.8, 4) is 5.75 Å². The molecule has 0 fully saturated rings. The number of esters is 1. The Balaban J connectivity index is 2.98. The Kier molecular flexibility index (Phi) is 5.41. The minimum atomic E-state index is -1.35. The van der Waals surface area contributed by atoms with Gasteiger partial charge in [-0.05, 0) is 12.1 Å². The minimum absolute atomic E-state index is 0.176. The van der Waals surface area contributed by atoms with Crippen molar-refractivity contribution >= 4 is 23.3 Å². The van der Waals surface area contributed by atoms with Gasteiger partial charge in [0, 0.05) is 10.6 Å². The van der Waals surface area contributed by atoms with E-state index in [0.717, 1.165) is 0 Å². The third-order valence-corrected chi connectivity index (χ3v) is 2.96. The van der Waals surface area contributed by atoms with E-state index in [9.17, 15) is 15.0 Å². The second kappa shape index (κ2) is 6.60. The number of hydrogen-bond donors (Lipinski definition) is 3. The zero-order valence-corrected chi connectivity index (χ0v) is 11.3. The minimum Gasteiger partial charge on any atom is -0.495 e. The molecule has 0 amide bonds. The number of aliphatic hydroxyl groups is 2. The number of anilines is 1. The number of rotatable bonds is 5. The molecule has 0 aliphatic heterocycles. The predicted octanol–water partition coefficient (Wildman–Crippen LogP) is 0.888. The van der Waals surface area contributed by atoms with Gasteiger partial charge in [0.2, 0.25) is 0 Å². The van der Waals surface area contributed by atoms with Gasteiger partial charge in [0.15, 0.2) is 0 Å². The molecule has 0 aromatic heterocycles. The van der Waals surface area contributed by atoms with Crippen LogP contribution in [0.3, 0.4) is 0 Å². The molecule has 0 spiro atoms.